The van der Waals surface area contributed by atoms with E-state index in [-0.39, 0.29) is 11.3 Å². The third kappa shape index (κ3) is 4.25. The van der Waals surface area contributed by atoms with Gasteiger partial charge in [-0.2, -0.15) is 5.10 Å². The number of likely N-dealkylation sites (tertiary alicyclic amines) is 1. The predicted molar refractivity (Wildman–Crippen MR) is 116 cm³/mol. The maximum atomic E-state index is 11.6. The number of amides is 1. The first-order valence-corrected chi connectivity index (χ1v) is 11.0. The van der Waals surface area contributed by atoms with Crippen LogP contribution in [0.2, 0.25) is 0 Å². The molecule has 0 saturated carbocycles. The number of carbonyl (C=O) groups excluding carboxylic acids is 1. The third-order valence-corrected chi connectivity index (χ3v) is 6.54. The van der Waals surface area contributed by atoms with Gasteiger partial charge in [0, 0.05) is 43.4 Å². The SMILES string of the molecule is CC(=O)N1CCC(NC2CCCc3c2cnn3-c2ccc(C(C)(C)C)cc2)CC1. The molecule has 0 spiro atoms. The van der Waals surface area contributed by atoms with E-state index in [4.69, 9.17) is 5.10 Å². The Hall–Kier alpha value is -2.14. The highest BCUT2D eigenvalue weighted by Crippen LogP contribution is 2.32. The normalized spacial score (nSPS) is 20.6. The molecule has 156 valence electrons. The molecule has 2 aliphatic rings. The minimum atomic E-state index is 0.162. The van der Waals surface area contributed by atoms with Crippen LogP contribution in [0.15, 0.2) is 30.5 Å². The lowest BCUT2D eigenvalue weighted by molar-refractivity contribution is -0.129. The summed E-state index contributed by atoms with van der Waals surface area (Å²) in [5.74, 6) is 0.196. The van der Waals surface area contributed by atoms with Crippen molar-refractivity contribution in [2.45, 2.75) is 77.3 Å². The van der Waals surface area contributed by atoms with E-state index in [1.165, 1.54) is 23.2 Å². The second kappa shape index (κ2) is 7.94. The first-order chi connectivity index (χ1) is 13.8. The summed E-state index contributed by atoms with van der Waals surface area (Å²) in [5, 5.41) is 8.64. The minimum absolute atomic E-state index is 0.162. The average Bonchev–Trinajstić information content (AvgIpc) is 3.13. The topological polar surface area (TPSA) is 50.2 Å². The molecule has 1 saturated heterocycles. The zero-order valence-corrected chi connectivity index (χ0v) is 18.2. The fraction of sp³-hybridized carbons (Fsp3) is 0.583. The highest BCUT2D eigenvalue weighted by molar-refractivity contribution is 5.73. The van der Waals surface area contributed by atoms with Gasteiger partial charge in [-0.3, -0.25) is 4.79 Å². The molecule has 1 aromatic carbocycles. The number of carbonyl (C=O) groups is 1. The molecule has 1 atom stereocenters. The lowest BCUT2D eigenvalue weighted by atomic mass is 9.87. The van der Waals surface area contributed by atoms with Crippen LogP contribution in [-0.4, -0.2) is 39.7 Å². The Labute approximate surface area is 174 Å². The fourth-order valence-electron chi connectivity index (χ4n) is 4.70. The Morgan fingerprint density at radius 1 is 1.10 bits per heavy atom. The van der Waals surface area contributed by atoms with Crippen LogP contribution in [-0.2, 0) is 16.6 Å². The Morgan fingerprint density at radius 2 is 1.79 bits per heavy atom. The van der Waals surface area contributed by atoms with E-state index in [1.54, 1.807) is 6.92 Å². The number of nitrogens with one attached hydrogen (secondary N) is 1. The van der Waals surface area contributed by atoms with Gasteiger partial charge in [0.25, 0.3) is 0 Å². The molecule has 1 fully saturated rings. The van der Waals surface area contributed by atoms with Crippen molar-refractivity contribution in [2.75, 3.05) is 13.1 Å². The van der Waals surface area contributed by atoms with Gasteiger partial charge in [0.05, 0.1) is 11.9 Å². The quantitative estimate of drug-likeness (QED) is 0.851. The number of hydrogen-bond acceptors (Lipinski definition) is 3. The van der Waals surface area contributed by atoms with Crippen molar-refractivity contribution in [3.8, 4) is 5.69 Å². The van der Waals surface area contributed by atoms with Crippen LogP contribution in [0.3, 0.4) is 0 Å². The zero-order chi connectivity index (χ0) is 20.6. The van der Waals surface area contributed by atoms with Crippen LogP contribution in [0.1, 0.15) is 76.2 Å². The van der Waals surface area contributed by atoms with Gasteiger partial charge in [0.2, 0.25) is 5.91 Å². The van der Waals surface area contributed by atoms with Gasteiger partial charge in [-0.25, -0.2) is 4.68 Å². The first kappa shape index (κ1) is 20.1. The molecule has 2 heterocycles. The van der Waals surface area contributed by atoms with Crippen LogP contribution in [0.5, 0.6) is 0 Å². The standard InChI is InChI=1S/C24H34N4O/c1-17(29)27-14-12-19(13-15-27)26-22-6-5-7-23-21(22)16-25-28(23)20-10-8-18(9-11-20)24(2,3)4/h8-11,16,19,22,26H,5-7,12-15H2,1-4H3. The average molecular weight is 395 g/mol. The summed E-state index contributed by atoms with van der Waals surface area (Å²) in [5.41, 5.74) is 5.35. The predicted octanol–water partition coefficient (Wildman–Crippen LogP) is 4.15. The van der Waals surface area contributed by atoms with Gasteiger partial charge in [-0.05, 0) is 55.2 Å². The van der Waals surface area contributed by atoms with E-state index >= 15 is 0 Å². The molecule has 5 heteroatoms. The third-order valence-electron chi connectivity index (χ3n) is 6.54. The van der Waals surface area contributed by atoms with Crippen molar-refractivity contribution in [2.24, 2.45) is 0 Å². The van der Waals surface area contributed by atoms with Gasteiger partial charge >= 0.3 is 0 Å². The summed E-state index contributed by atoms with van der Waals surface area (Å²) >= 11 is 0. The molecule has 1 N–H and O–H groups in total. The second-order valence-electron chi connectivity index (χ2n) is 9.65. The van der Waals surface area contributed by atoms with Crippen molar-refractivity contribution in [1.82, 2.24) is 20.0 Å². The molecule has 1 aliphatic carbocycles. The second-order valence-corrected chi connectivity index (χ2v) is 9.65. The largest absolute Gasteiger partial charge is 0.343 e. The Morgan fingerprint density at radius 3 is 2.41 bits per heavy atom. The summed E-state index contributed by atoms with van der Waals surface area (Å²) in [7, 11) is 0. The van der Waals surface area contributed by atoms with Gasteiger partial charge in [0.1, 0.15) is 0 Å². The van der Waals surface area contributed by atoms with Crippen molar-refractivity contribution in [3.05, 3.63) is 47.3 Å². The van der Waals surface area contributed by atoms with Crippen molar-refractivity contribution in [3.63, 3.8) is 0 Å². The summed E-state index contributed by atoms with van der Waals surface area (Å²) in [6, 6.07) is 9.70. The van der Waals surface area contributed by atoms with E-state index in [0.717, 1.165) is 44.5 Å². The fourth-order valence-corrected chi connectivity index (χ4v) is 4.70. The van der Waals surface area contributed by atoms with Crippen LogP contribution in [0.4, 0.5) is 0 Å². The molecule has 1 amide bonds. The van der Waals surface area contributed by atoms with E-state index in [0.29, 0.717) is 12.1 Å². The van der Waals surface area contributed by atoms with Crippen LogP contribution in [0, 0.1) is 0 Å². The monoisotopic (exact) mass is 394 g/mol. The molecule has 2 aromatic rings. The molecule has 1 aromatic heterocycles. The maximum absolute atomic E-state index is 11.6. The highest BCUT2D eigenvalue weighted by atomic mass is 16.2. The van der Waals surface area contributed by atoms with Gasteiger partial charge in [0.15, 0.2) is 0 Å². The van der Waals surface area contributed by atoms with Gasteiger partial charge in [-0.1, -0.05) is 32.9 Å². The Kier molecular flexibility index (Phi) is 5.52. The van der Waals surface area contributed by atoms with Crippen molar-refractivity contribution < 1.29 is 4.79 Å². The number of piperidine rings is 1. The van der Waals surface area contributed by atoms with E-state index < -0.39 is 0 Å². The Balaban J connectivity index is 1.49. The molecular formula is C24H34N4O. The smallest absolute Gasteiger partial charge is 0.219 e. The maximum Gasteiger partial charge on any atom is 0.219 e. The van der Waals surface area contributed by atoms with Crippen molar-refractivity contribution in [1.29, 1.82) is 0 Å². The van der Waals surface area contributed by atoms with Crippen LogP contribution >= 0.6 is 0 Å². The number of hydrogen-bond donors (Lipinski definition) is 1. The molecule has 0 radical (unpaired) electrons. The molecule has 5 nitrogen and oxygen atoms in total. The van der Waals surface area contributed by atoms with Crippen molar-refractivity contribution >= 4 is 5.91 Å². The van der Waals surface area contributed by atoms with Crippen LogP contribution < -0.4 is 5.32 Å². The summed E-state index contributed by atoms with van der Waals surface area (Å²) in [6.07, 6.45) is 7.56. The summed E-state index contributed by atoms with van der Waals surface area (Å²) in [4.78, 5) is 13.5. The molecule has 1 aliphatic heterocycles. The number of nitrogens with zero attached hydrogens (tertiary/aromatic N) is 3. The minimum Gasteiger partial charge on any atom is -0.343 e. The summed E-state index contributed by atoms with van der Waals surface area (Å²) < 4.78 is 2.13. The van der Waals surface area contributed by atoms with E-state index in [1.807, 2.05) is 4.90 Å². The number of aromatic nitrogens is 2. The van der Waals surface area contributed by atoms with Crippen LogP contribution in [0.25, 0.3) is 5.69 Å². The Bertz CT molecular complexity index is 854. The molecule has 0 bridgehead atoms. The van der Waals surface area contributed by atoms with E-state index in [9.17, 15) is 4.79 Å². The molecule has 29 heavy (non-hydrogen) atoms. The van der Waals surface area contributed by atoms with Gasteiger partial charge in [-0.15, -0.1) is 0 Å². The lowest BCUT2D eigenvalue weighted by Gasteiger charge is -2.35. The zero-order valence-electron chi connectivity index (χ0n) is 18.2. The highest BCUT2D eigenvalue weighted by Gasteiger charge is 2.28. The summed E-state index contributed by atoms with van der Waals surface area (Å²) in [6.45, 7) is 10.1. The first-order valence-electron chi connectivity index (χ1n) is 11.0. The lowest BCUT2D eigenvalue weighted by Crippen LogP contribution is -2.45. The van der Waals surface area contributed by atoms with E-state index in [2.05, 4.69) is 61.2 Å². The number of fused-ring (bicyclic) bond motifs is 1. The molecule has 1 unspecified atom stereocenters. The number of rotatable bonds is 3. The molecular weight excluding hydrogens is 360 g/mol. The van der Waals surface area contributed by atoms with Gasteiger partial charge < -0.3 is 10.2 Å². The number of benzene rings is 1. The molecule has 4 rings (SSSR count).